The molecule has 2 N–H and O–H groups in total. The number of carbonyl (C=O) groups excluding carboxylic acids is 1. The van der Waals surface area contributed by atoms with Crippen molar-refractivity contribution in [3.8, 4) is 5.75 Å². The second kappa shape index (κ2) is 7.79. The van der Waals surface area contributed by atoms with Crippen LogP contribution < -0.4 is 5.32 Å². The van der Waals surface area contributed by atoms with Gasteiger partial charge >= 0.3 is 0 Å². The average molecular weight is 400 g/mol. The van der Waals surface area contributed by atoms with E-state index in [2.05, 4.69) is 20.4 Å². The van der Waals surface area contributed by atoms with Gasteiger partial charge in [-0.15, -0.1) is 5.10 Å². The summed E-state index contributed by atoms with van der Waals surface area (Å²) in [4.78, 5) is 21.6. The highest BCUT2D eigenvalue weighted by Gasteiger charge is 2.17. The van der Waals surface area contributed by atoms with Gasteiger partial charge < -0.3 is 10.4 Å². The third-order valence-corrected chi connectivity index (χ3v) is 5.36. The molecular weight excluding hydrogens is 374 g/mol. The van der Waals surface area contributed by atoms with Crippen molar-refractivity contribution < 1.29 is 9.90 Å². The van der Waals surface area contributed by atoms with Crippen molar-refractivity contribution in [3.63, 3.8) is 0 Å². The summed E-state index contributed by atoms with van der Waals surface area (Å²) in [7, 11) is 0. The monoisotopic (exact) mass is 399 g/mol. The van der Waals surface area contributed by atoms with E-state index >= 15 is 0 Å². The first-order valence-electron chi connectivity index (χ1n) is 9.11. The summed E-state index contributed by atoms with van der Waals surface area (Å²) in [5.74, 6) is 0.813. The van der Waals surface area contributed by atoms with Crippen LogP contribution in [0.4, 0.5) is 5.69 Å². The van der Waals surface area contributed by atoms with E-state index in [-0.39, 0.29) is 24.0 Å². The van der Waals surface area contributed by atoms with Gasteiger partial charge in [0.2, 0.25) is 11.1 Å². The van der Waals surface area contributed by atoms with Crippen molar-refractivity contribution >= 4 is 29.1 Å². The highest BCUT2D eigenvalue weighted by atomic mass is 32.2. The third kappa shape index (κ3) is 3.82. The molecule has 2 heterocycles. The zero-order valence-electron chi connectivity index (χ0n) is 17.0. The lowest BCUT2D eigenvalue weighted by Crippen LogP contribution is -2.18. The highest BCUT2D eigenvalue weighted by molar-refractivity contribution is 7.98. The number of hydrogen-bond donors (Lipinski definition) is 2. The minimum absolute atomic E-state index is 0.138. The van der Waals surface area contributed by atoms with Gasteiger partial charge in [-0.2, -0.15) is 4.98 Å². The van der Waals surface area contributed by atoms with Crippen LogP contribution in [0.1, 0.15) is 47.8 Å². The predicted molar refractivity (Wildman–Crippen MR) is 111 cm³/mol. The van der Waals surface area contributed by atoms with E-state index in [1.54, 1.807) is 10.6 Å². The minimum Gasteiger partial charge on any atom is -0.508 e. The van der Waals surface area contributed by atoms with Crippen LogP contribution in [0.25, 0.3) is 5.78 Å². The molecule has 0 aliphatic heterocycles. The zero-order chi connectivity index (χ0) is 20.6. The van der Waals surface area contributed by atoms with Crippen LogP contribution in [0.3, 0.4) is 0 Å². The van der Waals surface area contributed by atoms with Gasteiger partial charge in [0.1, 0.15) is 5.75 Å². The van der Waals surface area contributed by atoms with Crippen LogP contribution in [0.2, 0.25) is 0 Å². The summed E-state index contributed by atoms with van der Waals surface area (Å²) >= 11 is 1.45. The van der Waals surface area contributed by atoms with Gasteiger partial charge in [-0.25, -0.2) is 9.50 Å². The van der Waals surface area contributed by atoms with Crippen LogP contribution >= 0.6 is 11.8 Å². The molecule has 1 aromatic carbocycles. The molecule has 0 saturated carbocycles. The van der Waals surface area contributed by atoms with Crippen molar-refractivity contribution in [1.29, 1.82) is 0 Å². The summed E-state index contributed by atoms with van der Waals surface area (Å²) < 4.78 is 1.68. The number of nitrogens with zero attached hydrogens (tertiary/aromatic N) is 4. The van der Waals surface area contributed by atoms with Crippen molar-refractivity contribution in [3.05, 3.63) is 40.2 Å². The maximum atomic E-state index is 12.8. The summed E-state index contributed by atoms with van der Waals surface area (Å²) in [6.45, 7) is 9.68. The fourth-order valence-electron chi connectivity index (χ4n) is 3.19. The molecule has 0 fully saturated rings. The Morgan fingerprint density at radius 1 is 1.25 bits per heavy atom. The van der Waals surface area contributed by atoms with Gasteiger partial charge in [0.15, 0.2) is 0 Å². The summed E-state index contributed by atoms with van der Waals surface area (Å²) in [6.07, 6.45) is 2.10. The molecule has 0 unspecified atom stereocenters. The molecular formula is C20H25N5O2S. The number of anilines is 1. The first-order chi connectivity index (χ1) is 13.2. The van der Waals surface area contributed by atoms with Gasteiger partial charge in [-0.1, -0.05) is 25.6 Å². The highest BCUT2D eigenvalue weighted by Crippen LogP contribution is 2.31. The second-order valence-electron chi connectivity index (χ2n) is 7.18. The molecule has 8 heteroatoms. The predicted octanol–water partition coefficient (Wildman–Crippen LogP) is 3.78. The maximum absolute atomic E-state index is 12.8. The molecule has 3 aromatic rings. The maximum Gasteiger partial charge on any atom is 0.253 e. The van der Waals surface area contributed by atoms with Crippen LogP contribution in [-0.2, 0) is 11.2 Å². The van der Waals surface area contributed by atoms with E-state index in [0.717, 1.165) is 28.1 Å². The molecule has 148 valence electrons. The normalized spacial score (nSPS) is 11.4. The Labute approximate surface area is 168 Å². The van der Waals surface area contributed by atoms with Crippen LogP contribution in [0, 0.1) is 20.8 Å². The van der Waals surface area contributed by atoms with Gasteiger partial charge in [0, 0.05) is 22.6 Å². The van der Waals surface area contributed by atoms with Gasteiger partial charge in [-0.3, -0.25) is 4.79 Å². The van der Waals surface area contributed by atoms with Crippen LogP contribution in [0.5, 0.6) is 5.75 Å². The Morgan fingerprint density at radius 2 is 1.96 bits per heavy atom. The standard InChI is InChI=1S/C20H25N5O2S/c1-10(2)14-8-16(11(3)7-17(14)26)22-18(27)9-15-12(4)21-19-23-20(28-6)24-25(19)13(15)5/h7-8,10,26H,9H2,1-6H3,(H,22,27). The van der Waals surface area contributed by atoms with Crippen molar-refractivity contribution in [1.82, 2.24) is 19.6 Å². The van der Waals surface area contributed by atoms with Gasteiger partial charge in [-0.05, 0) is 56.2 Å². The summed E-state index contributed by atoms with van der Waals surface area (Å²) in [5, 5.41) is 18.2. The average Bonchev–Trinajstić information content (AvgIpc) is 3.04. The first-order valence-corrected chi connectivity index (χ1v) is 10.3. The Balaban J connectivity index is 1.89. The number of fused-ring (bicyclic) bond motifs is 1. The second-order valence-corrected chi connectivity index (χ2v) is 7.95. The number of carbonyl (C=O) groups is 1. The Morgan fingerprint density at radius 3 is 2.61 bits per heavy atom. The lowest BCUT2D eigenvalue weighted by Gasteiger charge is -2.15. The number of nitrogens with one attached hydrogen (secondary N) is 1. The molecule has 2 aromatic heterocycles. The van der Waals surface area contributed by atoms with Crippen molar-refractivity contribution in [2.24, 2.45) is 0 Å². The lowest BCUT2D eigenvalue weighted by atomic mass is 9.99. The van der Waals surface area contributed by atoms with Crippen LogP contribution in [0.15, 0.2) is 17.3 Å². The fraction of sp³-hybridized carbons (Fsp3) is 0.400. The largest absolute Gasteiger partial charge is 0.508 e. The summed E-state index contributed by atoms with van der Waals surface area (Å²) in [5.41, 5.74) is 4.80. The van der Waals surface area contributed by atoms with Crippen molar-refractivity contribution in [2.45, 2.75) is 52.1 Å². The number of aromatic nitrogens is 4. The van der Waals surface area contributed by atoms with E-state index in [9.17, 15) is 9.90 Å². The SMILES string of the molecule is CSc1nc2nc(C)c(CC(=O)Nc3cc(C(C)C)c(O)cc3C)c(C)n2n1. The topological polar surface area (TPSA) is 92.4 Å². The Bertz CT molecular complexity index is 1060. The minimum atomic E-state index is -0.138. The molecule has 0 saturated heterocycles. The number of amides is 1. The molecule has 1 amide bonds. The third-order valence-electron chi connectivity index (χ3n) is 4.82. The Hall–Kier alpha value is -2.61. The molecule has 28 heavy (non-hydrogen) atoms. The number of phenols is 1. The number of aryl methyl sites for hydroxylation is 3. The number of benzene rings is 1. The number of thioether (sulfide) groups is 1. The number of aromatic hydroxyl groups is 1. The van der Waals surface area contributed by atoms with Gasteiger partial charge in [0.05, 0.1) is 6.42 Å². The molecule has 0 aliphatic rings. The molecule has 0 radical (unpaired) electrons. The number of rotatable bonds is 5. The fourth-order valence-corrected chi connectivity index (χ4v) is 3.53. The van der Waals surface area contributed by atoms with E-state index < -0.39 is 0 Å². The van der Waals surface area contributed by atoms with Gasteiger partial charge in [0.25, 0.3) is 5.78 Å². The van der Waals surface area contributed by atoms with E-state index in [4.69, 9.17) is 0 Å². The van der Waals surface area contributed by atoms with Crippen molar-refractivity contribution in [2.75, 3.05) is 11.6 Å². The van der Waals surface area contributed by atoms with E-state index in [1.807, 2.05) is 46.9 Å². The molecule has 7 nitrogen and oxygen atoms in total. The Kier molecular flexibility index (Phi) is 5.60. The smallest absolute Gasteiger partial charge is 0.253 e. The molecule has 0 bridgehead atoms. The quantitative estimate of drug-likeness (QED) is 0.501. The van der Waals surface area contributed by atoms with Crippen LogP contribution in [-0.4, -0.2) is 36.9 Å². The summed E-state index contributed by atoms with van der Waals surface area (Å²) in [6, 6.07) is 3.53. The molecule has 0 spiro atoms. The lowest BCUT2D eigenvalue weighted by molar-refractivity contribution is -0.115. The molecule has 0 aliphatic carbocycles. The number of phenolic OH excluding ortho intramolecular Hbond substituents is 1. The van der Waals surface area contributed by atoms with E-state index in [0.29, 0.717) is 16.6 Å². The first kappa shape index (κ1) is 20.1. The molecule has 3 rings (SSSR count). The van der Waals surface area contributed by atoms with E-state index in [1.165, 1.54) is 11.8 Å². The number of hydrogen-bond acceptors (Lipinski definition) is 6. The molecule has 0 atom stereocenters. The zero-order valence-corrected chi connectivity index (χ0v) is 17.8.